The third-order valence-corrected chi connectivity index (χ3v) is 2.16. The van der Waals surface area contributed by atoms with Crippen molar-refractivity contribution in [2.45, 2.75) is 30.9 Å². The van der Waals surface area contributed by atoms with Gasteiger partial charge in [0.15, 0.2) is 0 Å². The molecule has 11 heavy (non-hydrogen) atoms. The zero-order valence-corrected chi connectivity index (χ0v) is 7.96. The van der Waals surface area contributed by atoms with E-state index in [0.29, 0.717) is 6.61 Å². The maximum atomic E-state index is 10.5. The van der Waals surface area contributed by atoms with Gasteiger partial charge in [-0.3, -0.25) is 4.79 Å². The molecule has 0 aliphatic carbocycles. The quantitative estimate of drug-likeness (QED) is 0.498. The van der Waals surface area contributed by atoms with E-state index in [1.807, 2.05) is 0 Å². The van der Waals surface area contributed by atoms with E-state index in [1.54, 1.807) is 0 Å². The van der Waals surface area contributed by atoms with E-state index in [-0.39, 0.29) is 17.1 Å². The topological polar surface area (TPSA) is 35.5 Å². The Hall–Kier alpha value is -0.0900. The third kappa shape index (κ3) is 3.20. The Morgan fingerprint density at radius 3 is 3.00 bits per heavy atom. The van der Waals surface area contributed by atoms with Crippen molar-refractivity contribution >= 4 is 21.9 Å². The van der Waals surface area contributed by atoms with Gasteiger partial charge < -0.3 is 9.47 Å². The molecular weight excluding hydrogens is 212 g/mol. The molecule has 0 aromatic carbocycles. The predicted octanol–water partition coefficient (Wildman–Crippen LogP) is 1.45. The monoisotopic (exact) mass is 222 g/mol. The average molecular weight is 223 g/mol. The van der Waals surface area contributed by atoms with Gasteiger partial charge in [0.1, 0.15) is 11.1 Å². The summed E-state index contributed by atoms with van der Waals surface area (Å²) in [6.45, 7) is 2.09. The van der Waals surface area contributed by atoms with Crippen LogP contribution in [0.3, 0.4) is 0 Å². The van der Waals surface area contributed by atoms with Gasteiger partial charge in [-0.15, -0.1) is 0 Å². The number of hydrogen-bond donors (Lipinski definition) is 0. The minimum atomic E-state index is -0.211. The highest BCUT2D eigenvalue weighted by atomic mass is 79.9. The van der Waals surface area contributed by atoms with Crippen LogP contribution in [0.2, 0.25) is 0 Å². The molecule has 2 atom stereocenters. The molecule has 1 aliphatic heterocycles. The molecule has 1 fully saturated rings. The van der Waals surface area contributed by atoms with Gasteiger partial charge in [0.2, 0.25) is 0 Å². The number of halogens is 1. The molecule has 1 saturated heterocycles. The van der Waals surface area contributed by atoms with Gasteiger partial charge in [0.25, 0.3) is 0 Å². The summed E-state index contributed by atoms with van der Waals surface area (Å²) in [5.74, 6) is -0.211. The highest BCUT2D eigenvalue weighted by Crippen LogP contribution is 2.20. The standard InChI is InChI=1S/C7H11BrO3/c1-5(9)11-6-2-3-10-7(8)4-6/h6-7H,2-4H2,1H3. The Bertz CT molecular complexity index is 149. The summed E-state index contributed by atoms with van der Waals surface area (Å²) in [5.41, 5.74) is 0. The number of ether oxygens (including phenoxy) is 2. The van der Waals surface area contributed by atoms with E-state index < -0.39 is 0 Å². The molecule has 1 rings (SSSR count). The SMILES string of the molecule is CC(=O)OC1CCOC(Br)C1. The molecule has 2 unspecified atom stereocenters. The number of alkyl halides is 1. The zero-order chi connectivity index (χ0) is 8.27. The van der Waals surface area contributed by atoms with Crippen LogP contribution in [0.25, 0.3) is 0 Å². The van der Waals surface area contributed by atoms with Crippen molar-refractivity contribution in [1.29, 1.82) is 0 Å². The van der Waals surface area contributed by atoms with Crippen molar-refractivity contribution in [2.24, 2.45) is 0 Å². The maximum Gasteiger partial charge on any atom is 0.302 e. The molecule has 0 spiro atoms. The Labute approximate surface area is 74.2 Å². The molecule has 4 heteroatoms. The highest BCUT2D eigenvalue weighted by Gasteiger charge is 2.22. The molecule has 1 heterocycles. The molecule has 64 valence electrons. The van der Waals surface area contributed by atoms with Crippen molar-refractivity contribution in [1.82, 2.24) is 0 Å². The van der Waals surface area contributed by atoms with E-state index in [9.17, 15) is 4.79 Å². The Kier molecular flexibility index (Phi) is 3.33. The second kappa shape index (κ2) is 4.07. The molecule has 0 aromatic rings. The van der Waals surface area contributed by atoms with Gasteiger partial charge in [0.05, 0.1) is 6.61 Å². The van der Waals surface area contributed by atoms with Crippen molar-refractivity contribution in [3.63, 3.8) is 0 Å². The fourth-order valence-electron chi connectivity index (χ4n) is 1.06. The van der Waals surface area contributed by atoms with Gasteiger partial charge in [-0.05, 0) is 0 Å². The van der Waals surface area contributed by atoms with E-state index in [2.05, 4.69) is 15.9 Å². The lowest BCUT2D eigenvalue weighted by Crippen LogP contribution is -2.28. The van der Waals surface area contributed by atoms with Crippen LogP contribution in [0, 0.1) is 0 Å². The lowest BCUT2D eigenvalue weighted by atomic mass is 10.1. The number of esters is 1. The molecule has 0 N–H and O–H groups in total. The summed E-state index contributed by atoms with van der Waals surface area (Å²) in [5, 5.41) is 0.0422. The third-order valence-electron chi connectivity index (χ3n) is 1.52. The van der Waals surface area contributed by atoms with Gasteiger partial charge in [0, 0.05) is 19.8 Å². The smallest absolute Gasteiger partial charge is 0.302 e. The lowest BCUT2D eigenvalue weighted by molar-refractivity contribution is -0.150. The van der Waals surface area contributed by atoms with Gasteiger partial charge in [-0.25, -0.2) is 0 Å². The van der Waals surface area contributed by atoms with Crippen LogP contribution >= 0.6 is 15.9 Å². The van der Waals surface area contributed by atoms with Crippen molar-refractivity contribution in [3.8, 4) is 0 Å². The maximum absolute atomic E-state index is 10.5. The molecule has 0 radical (unpaired) electrons. The highest BCUT2D eigenvalue weighted by molar-refractivity contribution is 9.09. The fourth-order valence-corrected chi connectivity index (χ4v) is 1.67. The first kappa shape index (κ1) is 9.00. The van der Waals surface area contributed by atoms with Crippen molar-refractivity contribution in [2.75, 3.05) is 6.61 Å². The van der Waals surface area contributed by atoms with E-state index >= 15 is 0 Å². The van der Waals surface area contributed by atoms with Crippen LogP contribution in [0.5, 0.6) is 0 Å². The summed E-state index contributed by atoms with van der Waals surface area (Å²) < 4.78 is 10.2. The predicted molar refractivity (Wildman–Crippen MR) is 43.5 cm³/mol. The molecule has 0 amide bonds. The average Bonchev–Trinajstić information content (AvgIpc) is 1.85. The first-order valence-electron chi connectivity index (χ1n) is 3.61. The van der Waals surface area contributed by atoms with E-state index in [4.69, 9.17) is 9.47 Å². The minimum Gasteiger partial charge on any atom is -0.462 e. The first-order chi connectivity index (χ1) is 5.18. The zero-order valence-electron chi connectivity index (χ0n) is 6.38. The largest absolute Gasteiger partial charge is 0.462 e. The van der Waals surface area contributed by atoms with Crippen LogP contribution < -0.4 is 0 Å². The minimum absolute atomic E-state index is 0.0330. The summed E-state index contributed by atoms with van der Waals surface area (Å²) in [7, 11) is 0. The fraction of sp³-hybridized carbons (Fsp3) is 0.857. The molecule has 0 bridgehead atoms. The lowest BCUT2D eigenvalue weighted by Gasteiger charge is -2.25. The number of carbonyl (C=O) groups is 1. The Morgan fingerprint density at radius 1 is 1.73 bits per heavy atom. The molecule has 0 aromatic heterocycles. The van der Waals surface area contributed by atoms with Crippen LogP contribution in [0.4, 0.5) is 0 Å². The summed E-state index contributed by atoms with van der Waals surface area (Å²) in [4.78, 5) is 10.5. The number of carbonyl (C=O) groups excluding carboxylic acids is 1. The summed E-state index contributed by atoms with van der Waals surface area (Å²) in [6.07, 6.45) is 1.59. The van der Waals surface area contributed by atoms with Crippen LogP contribution in [0.1, 0.15) is 19.8 Å². The van der Waals surface area contributed by atoms with Gasteiger partial charge in [-0.2, -0.15) is 0 Å². The van der Waals surface area contributed by atoms with Crippen LogP contribution in [-0.4, -0.2) is 23.7 Å². The summed E-state index contributed by atoms with van der Waals surface area (Å²) >= 11 is 3.31. The number of rotatable bonds is 1. The second-order valence-corrected chi connectivity index (χ2v) is 3.56. The Morgan fingerprint density at radius 2 is 2.45 bits per heavy atom. The van der Waals surface area contributed by atoms with E-state index in [0.717, 1.165) is 12.8 Å². The molecule has 3 nitrogen and oxygen atoms in total. The normalized spacial score (nSPS) is 31.5. The van der Waals surface area contributed by atoms with Gasteiger partial charge in [-0.1, -0.05) is 15.9 Å². The van der Waals surface area contributed by atoms with Gasteiger partial charge >= 0.3 is 5.97 Å². The van der Waals surface area contributed by atoms with E-state index in [1.165, 1.54) is 6.92 Å². The molecular formula is C7H11BrO3. The molecule has 0 saturated carbocycles. The summed E-state index contributed by atoms with van der Waals surface area (Å²) in [6, 6.07) is 0. The van der Waals surface area contributed by atoms with Crippen LogP contribution in [0.15, 0.2) is 0 Å². The second-order valence-electron chi connectivity index (χ2n) is 2.54. The van der Waals surface area contributed by atoms with Crippen molar-refractivity contribution in [3.05, 3.63) is 0 Å². The Balaban J connectivity index is 2.28. The molecule has 1 aliphatic rings. The van der Waals surface area contributed by atoms with Crippen LogP contribution in [-0.2, 0) is 14.3 Å². The number of hydrogen-bond acceptors (Lipinski definition) is 3. The first-order valence-corrected chi connectivity index (χ1v) is 4.53. The van der Waals surface area contributed by atoms with Crippen molar-refractivity contribution < 1.29 is 14.3 Å².